The molecule has 0 fully saturated rings. The molecule has 5 heteroatoms. The lowest BCUT2D eigenvalue weighted by molar-refractivity contribution is 0.0460. The van der Waals surface area contributed by atoms with E-state index in [-0.39, 0.29) is 0 Å². The Labute approximate surface area is 113 Å². The number of aliphatic hydroxyl groups is 1. The van der Waals surface area contributed by atoms with E-state index in [9.17, 15) is 5.11 Å². The highest BCUT2D eigenvalue weighted by atomic mass is 35.5. The van der Waals surface area contributed by atoms with Gasteiger partial charge in [0.25, 0.3) is 0 Å². The summed E-state index contributed by atoms with van der Waals surface area (Å²) in [5, 5.41) is 22.4. The second-order valence-corrected chi connectivity index (χ2v) is 5.30. The van der Waals surface area contributed by atoms with E-state index >= 15 is 0 Å². The summed E-state index contributed by atoms with van der Waals surface area (Å²) in [4.78, 5) is 1.92. The minimum atomic E-state index is -0.829. The molecule has 1 aromatic carbocycles. The van der Waals surface area contributed by atoms with E-state index in [1.165, 1.54) is 0 Å². The molecule has 0 aromatic heterocycles. The van der Waals surface area contributed by atoms with E-state index in [4.69, 9.17) is 16.9 Å². The Morgan fingerprint density at radius 1 is 1.50 bits per heavy atom. The van der Waals surface area contributed by atoms with Crippen LogP contribution in [-0.2, 0) is 0 Å². The molecule has 0 bridgehead atoms. The third-order valence-electron chi connectivity index (χ3n) is 2.42. The maximum absolute atomic E-state index is 10.1. The average molecular weight is 268 g/mol. The Morgan fingerprint density at radius 3 is 2.67 bits per heavy atom. The number of nitrogens with one attached hydrogen (secondary N) is 1. The fourth-order valence-corrected chi connectivity index (χ4v) is 1.97. The molecule has 0 amide bonds. The number of halogens is 1. The van der Waals surface area contributed by atoms with E-state index in [1.54, 1.807) is 25.1 Å². The Morgan fingerprint density at radius 2 is 2.17 bits per heavy atom. The number of benzene rings is 1. The van der Waals surface area contributed by atoms with Crippen molar-refractivity contribution in [2.75, 3.05) is 32.5 Å². The second-order valence-electron chi connectivity index (χ2n) is 4.89. The van der Waals surface area contributed by atoms with Crippen LogP contribution >= 0.6 is 11.6 Å². The lowest BCUT2D eigenvalue weighted by atomic mass is 10.1. The molecule has 0 saturated heterocycles. The lowest BCUT2D eigenvalue weighted by Crippen LogP contribution is -2.43. The van der Waals surface area contributed by atoms with Crippen molar-refractivity contribution in [2.24, 2.45) is 0 Å². The van der Waals surface area contributed by atoms with Gasteiger partial charge in [-0.05, 0) is 39.2 Å². The molecule has 0 spiro atoms. The van der Waals surface area contributed by atoms with Gasteiger partial charge in [-0.3, -0.25) is 0 Å². The Bertz CT molecular complexity index is 452. The topological polar surface area (TPSA) is 59.3 Å². The predicted octanol–water partition coefficient (Wildman–Crippen LogP) is 1.94. The van der Waals surface area contributed by atoms with Gasteiger partial charge in [-0.15, -0.1) is 0 Å². The van der Waals surface area contributed by atoms with Gasteiger partial charge in [-0.25, -0.2) is 0 Å². The van der Waals surface area contributed by atoms with Crippen molar-refractivity contribution in [1.82, 2.24) is 4.90 Å². The van der Waals surface area contributed by atoms with Crippen LogP contribution in [-0.4, -0.2) is 42.8 Å². The zero-order valence-corrected chi connectivity index (χ0v) is 11.6. The van der Waals surface area contributed by atoms with Crippen LogP contribution in [0.1, 0.15) is 12.5 Å². The van der Waals surface area contributed by atoms with E-state index in [2.05, 4.69) is 5.32 Å². The smallest absolute Gasteiger partial charge is 0.101 e. The number of nitriles is 1. The largest absolute Gasteiger partial charge is 0.387 e. The van der Waals surface area contributed by atoms with E-state index in [0.29, 0.717) is 23.7 Å². The van der Waals surface area contributed by atoms with Crippen molar-refractivity contribution < 1.29 is 5.11 Å². The lowest BCUT2D eigenvalue weighted by Gasteiger charge is -2.27. The molecule has 98 valence electrons. The van der Waals surface area contributed by atoms with Crippen molar-refractivity contribution in [2.45, 2.75) is 12.5 Å². The molecule has 18 heavy (non-hydrogen) atoms. The molecule has 0 radical (unpaired) electrons. The second kappa shape index (κ2) is 6.05. The van der Waals surface area contributed by atoms with Crippen LogP contribution in [0, 0.1) is 11.3 Å². The first-order valence-electron chi connectivity index (χ1n) is 5.65. The normalized spacial score (nSPS) is 14.1. The zero-order valence-electron chi connectivity index (χ0n) is 10.9. The minimum absolute atomic E-state index is 0.410. The summed E-state index contributed by atoms with van der Waals surface area (Å²) in [6.07, 6.45) is 0. The molecule has 0 aliphatic rings. The quantitative estimate of drug-likeness (QED) is 0.856. The highest BCUT2D eigenvalue weighted by Gasteiger charge is 2.20. The summed E-state index contributed by atoms with van der Waals surface area (Å²) in [6.45, 7) is 2.74. The van der Waals surface area contributed by atoms with Crippen LogP contribution in [0.3, 0.4) is 0 Å². The van der Waals surface area contributed by atoms with Crippen molar-refractivity contribution in [3.05, 3.63) is 28.8 Å². The summed E-state index contributed by atoms with van der Waals surface area (Å²) in [6, 6.07) is 7.12. The molecular formula is C13H18ClN3O. The summed E-state index contributed by atoms with van der Waals surface area (Å²) in [5.74, 6) is 0. The van der Waals surface area contributed by atoms with Crippen LogP contribution in [0.2, 0.25) is 5.02 Å². The van der Waals surface area contributed by atoms with Crippen molar-refractivity contribution >= 4 is 17.3 Å². The minimum Gasteiger partial charge on any atom is -0.387 e. The Hall–Kier alpha value is -1.28. The first kappa shape index (κ1) is 14.8. The Balaban J connectivity index is 2.64. The maximum atomic E-state index is 10.1. The first-order chi connectivity index (χ1) is 8.34. The fourth-order valence-electron chi connectivity index (χ4n) is 1.75. The van der Waals surface area contributed by atoms with E-state index < -0.39 is 5.60 Å². The molecule has 1 aromatic rings. The van der Waals surface area contributed by atoms with Gasteiger partial charge in [0.2, 0.25) is 0 Å². The third-order valence-corrected chi connectivity index (χ3v) is 2.73. The summed E-state index contributed by atoms with van der Waals surface area (Å²) in [5.41, 5.74) is 0.407. The van der Waals surface area contributed by atoms with Gasteiger partial charge in [-0.2, -0.15) is 5.26 Å². The summed E-state index contributed by atoms with van der Waals surface area (Å²) >= 11 is 5.93. The summed E-state index contributed by atoms with van der Waals surface area (Å²) in [7, 11) is 3.82. The highest BCUT2D eigenvalue weighted by molar-refractivity contribution is 6.32. The molecule has 0 saturated carbocycles. The molecule has 4 nitrogen and oxygen atoms in total. The van der Waals surface area contributed by atoms with Gasteiger partial charge < -0.3 is 15.3 Å². The van der Waals surface area contributed by atoms with Crippen molar-refractivity contribution in [3.8, 4) is 6.07 Å². The zero-order chi connectivity index (χ0) is 13.8. The number of rotatable bonds is 5. The van der Waals surface area contributed by atoms with Crippen LogP contribution in [0.25, 0.3) is 0 Å². The van der Waals surface area contributed by atoms with Crippen LogP contribution in [0.4, 0.5) is 5.69 Å². The van der Waals surface area contributed by atoms with Crippen molar-refractivity contribution in [3.63, 3.8) is 0 Å². The fraction of sp³-hybridized carbons (Fsp3) is 0.462. The van der Waals surface area contributed by atoms with Gasteiger partial charge in [0.15, 0.2) is 0 Å². The average Bonchev–Trinajstić information content (AvgIpc) is 2.25. The molecule has 1 atom stereocenters. The molecule has 2 N–H and O–H groups in total. The molecule has 0 unspecified atom stereocenters. The first-order valence-corrected chi connectivity index (χ1v) is 6.02. The van der Waals surface area contributed by atoms with E-state index in [0.717, 1.165) is 5.69 Å². The van der Waals surface area contributed by atoms with Gasteiger partial charge in [0, 0.05) is 18.8 Å². The molecule has 0 heterocycles. The molecule has 0 aliphatic heterocycles. The van der Waals surface area contributed by atoms with Crippen LogP contribution in [0.15, 0.2) is 18.2 Å². The molecular weight excluding hydrogens is 250 g/mol. The highest BCUT2D eigenvalue weighted by Crippen LogP contribution is 2.20. The third kappa shape index (κ3) is 4.53. The predicted molar refractivity (Wildman–Crippen MR) is 73.8 cm³/mol. The number of hydrogen-bond acceptors (Lipinski definition) is 4. The van der Waals surface area contributed by atoms with Crippen LogP contribution in [0.5, 0.6) is 0 Å². The maximum Gasteiger partial charge on any atom is 0.101 e. The standard InChI is InChI=1S/C13H18ClN3O/c1-13(18,9-17(2)3)8-16-11-5-4-10(7-15)12(14)6-11/h4-6,16,18H,8-9H2,1-3H3/t13-/m1/s1. The number of likely N-dealkylation sites (N-methyl/N-ethyl adjacent to an activating group) is 1. The van der Waals surface area contributed by atoms with E-state index in [1.807, 2.05) is 25.1 Å². The van der Waals surface area contributed by atoms with Gasteiger partial charge in [-0.1, -0.05) is 11.6 Å². The SMILES string of the molecule is CN(C)C[C@](C)(O)CNc1ccc(C#N)c(Cl)c1. The summed E-state index contributed by atoms with van der Waals surface area (Å²) < 4.78 is 0. The number of nitrogens with zero attached hydrogens (tertiary/aromatic N) is 2. The number of hydrogen-bond donors (Lipinski definition) is 2. The van der Waals surface area contributed by atoms with Gasteiger partial charge in [0.05, 0.1) is 16.2 Å². The molecule has 1 rings (SSSR count). The van der Waals surface area contributed by atoms with Gasteiger partial charge >= 0.3 is 0 Å². The van der Waals surface area contributed by atoms with Crippen LogP contribution < -0.4 is 5.32 Å². The number of anilines is 1. The van der Waals surface area contributed by atoms with Crippen molar-refractivity contribution in [1.29, 1.82) is 5.26 Å². The van der Waals surface area contributed by atoms with Gasteiger partial charge in [0.1, 0.15) is 6.07 Å². The monoisotopic (exact) mass is 267 g/mol. The molecule has 0 aliphatic carbocycles. The Kier molecular flexibility index (Phi) is 4.97.